The van der Waals surface area contributed by atoms with Gasteiger partial charge in [0.1, 0.15) is 0 Å². The zero-order chi connectivity index (χ0) is 12.3. The number of nitrogens with two attached hydrogens (primary N) is 1. The van der Waals surface area contributed by atoms with E-state index in [0.717, 1.165) is 18.1 Å². The first-order chi connectivity index (χ1) is 8.15. The molecular formula is C12H17IN4O. The average molecular weight is 360 g/mol. The van der Waals surface area contributed by atoms with Crippen molar-refractivity contribution in [3.05, 3.63) is 35.4 Å². The molecule has 0 spiro atoms. The number of hydrogen-bond donors (Lipinski definition) is 3. The molecule has 1 aromatic rings. The van der Waals surface area contributed by atoms with Crippen LogP contribution in [0, 0.1) is 0 Å². The van der Waals surface area contributed by atoms with Crippen molar-refractivity contribution in [1.82, 2.24) is 10.6 Å². The fourth-order valence-electron chi connectivity index (χ4n) is 1.63. The Morgan fingerprint density at radius 3 is 2.67 bits per heavy atom. The summed E-state index contributed by atoms with van der Waals surface area (Å²) >= 11 is 0. The summed E-state index contributed by atoms with van der Waals surface area (Å²) in [6.07, 6.45) is 0. The molecule has 1 aromatic carbocycles. The van der Waals surface area contributed by atoms with Crippen molar-refractivity contribution < 1.29 is 4.79 Å². The number of guanidine groups is 1. The number of nitrogens with one attached hydrogen (secondary N) is 2. The standard InChI is InChI=1S/C12H16N4O.HI/c1-8-6-14-12(16-8)15-7-9-2-4-10(5-3-9)11(13)17;/h2-5,8H,6-7H2,1H3,(H2,13,17)(H2,14,15,16);1H. The molecule has 0 bridgehead atoms. The van der Waals surface area contributed by atoms with Crippen LogP contribution in [0.5, 0.6) is 0 Å². The van der Waals surface area contributed by atoms with Crippen LogP contribution in [-0.4, -0.2) is 24.5 Å². The third-order valence-corrected chi connectivity index (χ3v) is 2.60. The molecule has 98 valence electrons. The average Bonchev–Trinajstić information content (AvgIpc) is 2.73. The topological polar surface area (TPSA) is 79.5 Å². The zero-order valence-corrected chi connectivity index (χ0v) is 12.5. The van der Waals surface area contributed by atoms with Gasteiger partial charge in [0, 0.05) is 18.2 Å². The molecule has 1 aliphatic rings. The van der Waals surface area contributed by atoms with Crippen molar-refractivity contribution >= 4 is 35.8 Å². The van der Waals surface area contributed by atoms with Crippen molar-refractivity contribution in [2.75, 3.05) is 6.54 Å². The number of amides is 1. The maximum Gasteiger partial charge on any atom is 0.248 e. The highest BCUT2D eigenvalue weighted by molar-refractivity contribution is 14.0. The summed E-state index contributed by atoms with van der Waals surface area (Å²) in [6, 6.07) is 7.62. The molecule has 0 fully saturated rings. The van der Waals surface area contributed by atoms with E-state index in [1.807, 2.05) is 12.1 Å². The fourth-order valence-corrected chi connectivity index (χ4v) is 1.63. The molecule has 0 aliphatic carbocycles. The number of halogens is 1. The lowest BCUT2D eigenvalue weighted by Gasteiger charge is -2.08. The van der Waals surface area contributed by atoms with Gasteiger partial charge in [0.25, 0.3) is 0 Å². The molecule has 1 unspecified atom stereocenters. The Bertz CT molecular complexity index is 444. The van der Waals surface area contributed by atoms with Crippen LogP contribution in [0.3, 0.4) is 0 Å². The minimum atomic E-state index is -0.403. The Hall–Kier alpha value is -1.31. The molecule has 18 heavy (non-hydrogen) atoms. The summed E-state index contributed by atoms with van der Waals surface area (Å²) in [6.45, 7) is 3.57. The van der Waals surface area contributed by atoms with E-state index in [1.165, 1.54) is 0 Å². The molecule has 6 heteroatoms. The lowest BCUT2D eigenvalue weighted by Crippen LogP contribution is -2.37. The van der Waals surface area contributed by atoms with Gasteiger partial charge in [-0.05, 0) is 24.6 Å². The number of primary amides is 1. The Balaban J connectivity index is 0.00000162. The van der Waals surface area contributed by atoms with Crippen LogP contribution < -0.4 is 16.4 Å². The monoisotopic (exact) mass is 360 g/mol. The second kappa shape index (κ2) is 6.58. The van der Waals surface area contributed by atoms with E-state index in [0.29, 0.717) is 18.2 Å². The lowest BCUT2D eigenvalue weighted by molar-refractivity contribution is 0.100. The van der Waals surface area contributed by atoms with Crippen LogP contribution in [0.25, 0.3) is 0 Å². The molecule has 1 atom stereocenters. The molecule has 4 N–H and O–H groups in total. The van der Waals surface area contributed by atoms with Gasteiger partial charge in [-0.3, -0.25) is 9.79 Å². The van der Waals surface area contributed by atoms with E-state index < -0.39 is 5.91 Å². The Morgan fingerprint density at radius 2 is 2.17 bits per heavy atom. The predicted octanol–water partition coefficient (Wildman–Crippen LogP) is 0.841. The van der Waals surface area contributed by atoms with Gasteiger partial charge < -0.3 is 16.4 Å². The number of benzene rings is 1. The van der Waals surface area contributed by atoms with E-state index >= 15 is 0 Å². The quantitative estimate of drug-likeness (QED) is 0.699. The highest BCUT2D eigenvalue weighted by atomic mass is 127. The first-order valence-electron chi connectivity index (χ1n) is 5.59. The van der Waals surface area contributed by atoms with Crippen molar-refractivity contribution in [3.8, 4) is 0 Å². The van der Waals surface area contributed by atoms with Crippen LogP contribution in [0.1, 0.15) is 22.8 Å². The van der Waals surface area contributed by atoms with E-state index in [-0.39, 0.29) is 24.0 Å². The number of carbonyl (C=O) groups excluding carboxylic acids is 1. The van der Waals surface area contributed by atoms with Crippen molar-refractivity contribution in [2.45, 2.75) is 19.5 Å². The Labute approximate surface area is 123 Å². The van der Waals surface area contributed by atoms with Crippen molar-refractivity contribution in [2.24, 2.45) is 10.7 Å². The molecule has 0 radical (unpaired) electrons. The number of aliphatic imine (C=N–C) groups is 1. The molecule has 1 heterocycles. The van der Waals surface area contributed by atoms with Gasteiger partial charge in [-0.1, -0.05) is 12.1 Å². The first-order valence-corrected chi connectivity index (χ1v) is 5.59. The van der Waals surface area contributed by atoms with E-state index in [9.17, 15) is 4.79 Å². The number of hydrogen-bond acceptors (Lipinski definition) is 4. The van der Waals surface area contributed by atoms with Crippen LogP contribution in [0.4, 0.5) is 0 Å². The highest BCUT2D eigenvalue weighted by Gasteiger charge is 2.11. The Morgan fingerprint density at radius 1 is 1.50 bits per heavy atom. The maximum absolute atomic E-state index is 10.9. The number of nitrogens with zero attached hydrogens (tertiary/aromatic N) is 1. The summed E-state index contributed by atoms with van der Waals surface area (Å²) in [7, 11) is 0. The largest absolute Gasteiger partial charge is 0.366 e. The molecule has 0 aromatic heterocycles. The second-order valence-corrected chi connectivity index (χ2v) is 4.15. The second-order valence-electron chi connectivity index (χ2n) is 4.15. The van der Waals surface area contributed by atoms with Crippen molar-refractivity contribution in [1.29, 1.82) is 0 Å². The van der Waals surface area contributed by atoms with Gasteiger partial charge in [-0.15, -0.1) is 24.0 Å². The molecule has 0 saturated carbocycles. The third kappa shape index (κ3) is 3.86. The molecule has 1 amide bonds. The normalized spacial score (nSPS) is 17.4. The van der Waals surface area contributed by atoms with Gasteiger partial charge in [-0.2, -0.15) is 0 Å². The third-order valence-electron chi connectivity index (χ3n) is 2.60. The summed E-state index contributed by atoms with van der Waals surface area (Å²) < 4.78 is 0. The van der Waals surface area contributed by atoms with E-state index in [1.54, 1.807) is 12.1 Å². The smallest absolute Gasteiger partial charge is 0.248 e. The van der Waals surface area contributed by atoms with Gasteiger partial charge in [-0.25, -0.2) is 0 Å². The van der Waals surface area contributed by atoms with Gasteiger partial charge in [0.15, 0.2) is 5.96 Å². The first kappa shape index (κ1) is 14.7. The Kier molecular flexibility index (Phi) is 5.39. The summed E-state index contributed by atoms with van der Waals surface area (Å²) in [4.78, 5) is 15.2. The SMILES string of the molecule is CC1CN=C(NCc2ccc(C(N)=O)cc2)N1.I. The lowest BCUT2D eigenvalue weighted by atomic mass is 10.1. The molecule has 1 aliphatic heterocycles. The number of rotatable bonds is 3. The zero-order valence-electron chi connectivity index (χ0n) is 10.1. The minimum absolute atomic E-state index is 0. The number of carbonyl (C=O) groups is 1. The summed E-state index contributed by atoms with van der Waals surface area (Å²) in [5, 5.41) is 6.42. The minimum Gasteiger partial charge on any atom is -0.366 e. The highest BCUT2D eigenvalue weighted by Crippen LogP contribution is 2.03. The predicted molar refractivity (Wildman–Crippen MR) is 82.1 cm³/mol. The van der Waals surface area contributed by atoms with Crippen LogP contribution >= 0.6 is 24.0 Å². The van der Waals surface area contributed by atoms with Crippen LogP contribution in [-0.2, 0) is 6.54 Å². The molecular weight excluding hydrogens is 343 g/mol. The van der Waals surface area contributed by atoms with E-state index in [4.69, 9.17) is 5.73 Å². The van der Waals surface area contributed by atoms with E-state index in [2.05, 4.69) is 22.5 Å². The maximum atomic E-state index is 10.9. The molecule has 2 rings (SSSR count). The van der Waals surface area contributed by atoms with Gasteiger partial charge in [0.05, 0.1) is 6.54 Å². The van der Waals surface area contributed by atoms with Gasteiger partial charge >= 0.3 is 0 Å². The van der Waals surface area contributed by atoms with Gasteiger partial charge in [0.2, 0.25) is 5.91 Å². The molecule has 5 nitrogen and oxygen atoms in total. The van der Waals surface area contributed by atoms with Crippen LogP contribution in [0.15, 0.2) is 29.3 Å². The fraction of sp³-hybridized carbons (Fsp3) is 0.333. The van der Waals surface area contributed by atoms with Crippen LogP contribution in [0.2, 0.25) is 0 Å². The van der Waals surface area contributed by atoms with Crippen molar-refractivity contribution in [3.63, 3.8) is 0 Å². The summed E-state index contributed by atoms with van der Waals surface area (Å²) in [5.74, 6) is 0.427. The molecule has 0 saturated heterocycles. The summed E-state index contributed by atoms with van der Waals surface area (Å²) in [5.41, 5.74) is 6.78.